The Morgan fingerprint density at radius 1 is 1.11 bits per heavy atom. The molecule has 1 atom stereocenters. The van der Waals surface area contributed by atoms with Crippen molar-refractivity contribution in [3.05, 3.63) is 64.7 Å². The molecule has 0 aromatic heterocycles. The molecule has 0 saturated heterocycles. The Balaban J connectivity index is 2.18. The van der Waals surface area contributed by atoms with E-state index in [4.69, 9.17) is 15.8 Å². The fraction of sp³-hybridized carbons (Fsp3) is 0.0769. The molecule has 2 aromatic carbocycles. The Hall–Kier alpha value is -1.56. The topological polar surface area (TPSA) is 55.4 Å². The van der Waals surface area contributed by atoms with Crippen LogP contribution in [0.5, 0.6) is 5.75 Å². The van der Waals surface area contributed by atoms with Crippen LogP contribution in [0.1, 0.15) is 17.2 Å². The normalized spacial score (nSPS) is 20.4. The zero-order chi connectivity index (χ0) is 13.5. The molecular formula is C13H10ClNO3S. The SMILES string of the molecule is O=S1(=O)N[C@H](c2ccccc2)c2cc(Cl)ccc2O1. The van der Waals surface area contributed by atoms with Crippen LogP contribution in [0.3, 0.4) is 0 Å². The molecule has 2 aromatic rings. The van der Waals surface area contributed by atoms with Crippen LogP contribution in [0.25, 0.3) is 0 Å². The van der Waals surface area contributed by atoms with Gasteiger partial charge in [0.2, 0.25) is 0 Å². The van der Waals surface area contributed by atoms with Gasteiger partial charge in [0.1, 0.15) is 5.75 Å². The summed E-state index contributed by atoms with van der Waals surface area (Å²) in [4.78, 5) is 0. The highest BCUT2D eigenvalue weighted by molar-refractivity contribution is 7.85. The molecule has 0 spiro atoms. The maximum absolute atomic E-state index is 11.7. The second kappa shape index (κ2) is 4.52. The molecule has 1 N–H and O–H groups in total. The smallest absolute Gasteiger partial charge is 0.371 e. The van der Waals surface area contributed by atoms with E-state index in [9.17, 15) is 8.42 Å². The van der Waals surface area contributed by atoms with E-state index in [1.807, 2.05) is 30.3 Å². The van der Waals surface area contributed by atoms with Crippen LogP contribution < -0.4 is 8.91 Å². The number of hydrogen-bond donors (Lipinski definition) is 1. The number of nitrogens with one attached hydrogen (secondary N) is 1. The fourth-order valence-corrected chi connectivity index (χ4v) is 3.23. The van der Waals surface area contributed by atoms with Crippen LogP contribution >= 0.6 is 11.6 Å². The maximum Gasteiger partial charge on any atom is 0.383 e. The zero-order valence-electron chi connectivity index (χ0n) is 9.71. The van der Waals surface area contributed by atoms with Gasteiger partial charge in [-0.05, 0) is 23.8 Å². The van der Waals surface area contributed by atoms with Crippen LogP contribution in [0.2, 0.25) is 5.02 Å². The van der Waals surface area contributed by atoms with E-state index in [2.05, 4.69) is 4.72 Å². The third-order valence-corrected chi connectivity index (χ3v) is 4.04. The number of benzene rings is 2. The lowest BCUT2D eigenvalue weighted by atomic mass is 9.99. The lowest BCUT2D eigenvalue weighted by Gasteiger charge is -2.26. The van der Waals surface area contributed by atoms with Gasteiger partial charge in [-0.15, -0.1) is 0 Å². The number of fused-ring (bicyclic) bond motifs is 1. The first-order chi connectivity index (χ1) is 9.05. The minimum atomic E-state index is -3.80. The molecule has 1 aliphatic heterocycles. The number of hydrogen-bond acceptors (Lipinski definition) is 3. The second-order valence-electron chi connectivity index (χ2n) is 4.18. The van der Waals surface area contributed by atoms with Gasteiger partial charge in [-0.25, -0.2) is 0 Å². The Bertz CT molecular complexity index is 716. The van der Waals surface area contributed by atoms with Gasteiger partial charge < -0.3 is 4.18 Å². The van der Waals surface area contributed by atoms with E-state index in [0.29, 0.717) is 16.3 Å². The van der Waals surface area contributed by atoms with Crippen LogP contribution in [-0.4, -0.2) is 8.42 Å². The minimum absolute atomic E-state index is 0.303. The van der Waals surface area contributed by atoms with Gasteiger partial charge in [-0.1, -0.05) is 41.9 Å². The Kier molecular flexibility index (Phi) is 2.97. The van der Waals surface area contributed by atoms with Gasteiger partial charge in [0, 0.05) is 10.6 Å². The Labute approximate surface area is 116 Å². The molecule has 4 nitrogen and oxygen atoms in total. The minimum Gasteiger partial charge on any atom is -0.371 e. The fourth-order valence-electron chi connectivity index (χ4n) is 2.06. The van der Waals surface area contributed by atoms with Crippen LogP contribution in [0.4, 0.5) is 0 Å². The summed E-state index contributed by atoms with van der Waals surface area (Å²) in [5, 5.41) is 0.532. The molecule has 3 rings (SSSR count). The van der Waals surface area contributed by atoms with Crippen LogP contribution in [0, 0.1) is 0 Å². The lowest BCUT2D eigenvalue weighted by molar-refractivity contribution is 0.442. The first-order valence-corrected chi connectivity index (χ1v) is 7.40. The standard InChI is InChI=1S/C13H10ClNO3S/c14-10-6-7-12-11(8-10)13(15-19(16,17)18-12)9-4-2-1-3-5-9/h1-8,13,15H/t13-/m1/s1. The highest BCUT2D eigenvalue weighted by Crippen LogP contribution is 2.36. The zero-order valence-corrected chi connectivity index (χ0v) is 11.3. The molecule has 98 valence electrons. The summed E-state index contributed by atoms with van der Waals surface area (Å²) in [6.45, 7) is 0. The Morgan fingerprint density at radius 3 is 2.58 bits per heavy atom. The average molecular weight is 296 g/mol. The maximum atomic E-state index is 11.7. The third-order valence-electron chi connectivity index (χ3n) is 2.88. The van der Waals surface area contributed by atoms with Gasteiger partial charge in [-0.2, -0.15) is 13.1 Å². The van der Waals surface area contributed by atoms with Gasteiger partial charge in [0.05, 0.1) is 6.04 Å². The summed E-state index contributed by atoms with van der Waals surface area (Å²) in [5.74, 6) is 0.303. The average Bonchev–Trinajstić information content (AvgIpc) is 2.39. The molecule has 19 heavy (non-hydrogen) atoms. The van der Waals surface area contributed by atoms with Crippen molar-refractivity contribution in [2.75, 3.05) is 0 Å². The van der Waals surface area contributed by atoms with Crippen molar-refractivity contribution in [3.63, 3.8) is 0 Å². The van der Waals surface area contributed by atoms with E-state index >= 15 is 0 Å². The molecule has 1 aliphatic rings. The largest absolute Gasteiger partial charge is 0.383 e. The quantitative estimate of drug-likeness (QED) is 0.880. The first kappa shape index (κ1) is 12.5. The van der Waals surface area contributed by atoms with E-state index in [1.54, 1.807) is 18.2 Å². The molecule has 6 heteroatoms. The molecule has 0 fully saturated rings. The van der Waals surface area contributed by atoms with E-state index in [1.165, 1.54) is 0 Å². The Morgan fingerprint density at radius 2 is 1.84 bits per heavy atom. The van der Waals surface area contributed by atoms with Crippen LogP contribution in [-0.2, 0) is 10.3 Å². The summed E-state index contributed by atoms with van der Waals surface area (Å²) in [5.41, 5.74) is 1.53. The summed E-state index contributed by atoms with van der Waals surface area (Å²) < 4.78 is 30.8. The third kappa shape index (κ3) is 2.45. The van der Waals surface area contributed by atoms with Crippen molar-refractivity contribution in [3.8, 4) is 5.75 Å². The molecule has 1 heterocycles. The highest BCUT2D eigenvalue weighted by atomic mass is 35.5. The highest BCUT2D eigenvalue weighted by Gasteiger charge is 2.31. The molecule has 0 bridgehead atoms. The van der Waals surface area contributed by atoms with Crippen molar-refractivity contribution in [1.82, 2.24) is 4.72 Å². The molecule has 0 amide bonds. The molecule has 0 unspecified atom stereocenters. The van der Waals surface area contributed by atoms with E-state index < -0.39 is 16.3 Å². The summed E-state index contributed by atoms with van der Waals surface area (Å²) in [6.07, 6.45) is 0. The molecule has 0 aliphatic carbocycles. The van der Waals surface area contributed by atoms with Gasteiger partial charge >= 0.3 is 10.3 Å². The van der Waals surface area contributed by atoms with Crippen molar-refractivity contribution in [2.45, 2.75) is 6.04 Å². The monoisotopic (exact) mass is 295 g/mol. The van der Waals surface area contributed by atoms with Gasteiger partial charge in [0.25, 0.3) is 0 Å². The first-order valence-electron chi connectivity index (χ1n) is 5.61. The van der Waals surface area contributed by atoms with Crippen molar-refractivity contribution in [2.24, 2.45) is 0 Å². The predicted molar refractivity (Wildman–Crippen MR) is 72.4 cm³/mol. The van der Waals surface area contributed by atoms with E-state index in [0.717, 1.165) is 5.56 Å². The van der Waals surface area contributed by atoms with E-state index in [-0.39, 0.29) is 0 Å². The summed E-state index contributed by atoms with van der Waals surface area (Å²) in [7, 11) is -3.80. The van der Waals surface area contributed by atoms with Gasteiger partial charge in [-0.3, -0.25) is 0 Å². The predicted octanol–water partition coefficient (Wildman–Crippen LogP) is 2.66. The number of halogens is 1. The van der Waals surface area contributed by atoms with Crippen molar-refractivity contribution in [1.29, 1.82) is 0 Å². The number of rotatable bonds is 1. The second-order valence-corrected chi connectivity index (χ2v) is 5.93. The van der Waals surface area contributed by atoms with Crippen molar-refractivity contribution < 1.29 is 12.6 Å². The lowest BCUT2D eigenvalue weighted by Crippen LogP contribution is -2.37. The van der Waals surface area contributed by atoms with Gasteiger partial charge in [0.15, 0.2) is 0 Å². The summed E-state index contributed by atoms with van der Waals surface area (Å²) >= 11 is 5.97. The summed E-state index contributed by atoms with van der Waals surface area (Å²) in [6, 6.07) is 13.6. The van der Waals surface area contributed by atoms with Crippen LogP contribution in [0.15, 0.2) is 48.5 Å². The molecule has 0 saturated carbocycles. The molecule has 0 radical (unpaired) electrons. The molecular weight excluding hydrogens is 286 g/mol. The van der Waals surface area contributed by atoms with Crippen molar-refractivity contribution >= 4 is 21.9 Å².